The molecule has 0 spiro atoms. The predicted octanol–water partition coefficient (Wildman–Crippen LogP) is 5.18. The van der Waals surface area contributed by atoms with Crippen LogP contribution in [0.4, 0.5) is 11.4 Å². The van der Waals surface area contributed by atoms with Crippen molar-refractivity contribution in [3.05, 3.63) is 66.7 Å². The molecule has 32 heavy (non-hydrogen) atoms. The van der Waals surface area contributed by atoms with Crippen LogP contribution in [-0.4, -0.2) is 5.91 Å². The van der Waals surface area contributed by atoms with E-state index in [4.69, 9.17) is 17.2 Å². The number of pyridine rings is 1. The SMILES string of the molecule is CC.NC(=O)CCCCC[n+]1c(-c2ccccc2)c2cc(N)ccc2c2ccc(N)cc21. The average molecular weight is 430 g/mol. The van der Waals surface area contributed by atoms with Crippen LogP contribution in [0, 0.1) is 0 Å². The van der Waals surface area contributed by atoms with Gasteiger partial charge in [-0.15, -0.1) is 0 Å². The van der Waals surface area contributed by atoms with Crippen LogP contribution in [0.25, 0.3) is 32.9 Å². The molecule has 1 amide bonds. The van der Waals surface area contributed by atoms with Crippen LogP contribution < -0.4 is 21.8 Å². The zero-order valence-electron chi connectivity index (χ0n) is 19.0. The Bertz CT molecular complexity index is 1220. The van der Waals surface area contributed by atoms with Crippen LogP contribution >= 0.6 is 0 Å². The number of fused-ring (bicyclic) bond motifs is 3. The molecular weight excluding hydrogens is 396 g/mol. The van der Waals surface area contributed by atoms with Gasteiger partial charge in [-0.25, -0.2) is 0 Å². The van der Waals surface area contributed by atoms with Crippen molar-refractivity contribution < 1.29 is 9.36 Å². The van der Waals surface area contributed by atoms with Crippen LogP contribution in [0.5, 0.6) is 0 Å². The highest BCUT2D eigenvalue weighted by Gasteiger charge is 2.23. The van der Waals surface area contributed by atoms with Gasteiger partial charge >= 0.3 is 0 Å². The second-order valence-corrected chi connectivity index (χ2v) is 7.72. The molecule has 6 N–H and O–H groups in total. The Morgan fingerprint density at radius 3 is 2.12 bits per heavy atom. The number of rotatable bonds is 7. The summed E-state index contributed by atoms with van der Waals surface area (Å²) in [6.45, 7) is 4.81. The molecule has 4 aromatic rings. The minimum Gasteiger partial charge on any atom is -0.399 e. The van der Waals surface area contributed by atoms with E-state index in [1.54, 1.807) is 0 Å². The van der Waals surface area contributed by atoms with Crippen LogP contribution in [0.1, 0.15) is 39.5 Å². The van der Waals surface area contributed by atoms with Gasteiger partial charge < -0.3 is 17.2 Å². The van der Waals surface area contributed by atoms with E-state index in [1.165, 1.54) is 0 Å². The van der Waals surface area contributed by atoms with Gasteiger partial charge in [-0.1, -0.05) is 38.1 Å². The molecule has 0 unspecified atom stereocenters. The van der Waals surface area contributed by atoms with Crippen LogP contribution in [-0.2, 0) is 11.3 Å². The summed E-state index contributed by atoms with van der Waals surface area (Å²) >= 11 is 0. The summed E-state index contributed by atoms with van der Waals surface area (Å²) < 4.78 is 2.34. The second kappa shape index (κ2) is 10.6. The van der Waals surface area contributed by atoms with Crippen molar-refractivity contribution in [1.29, 1.82) is 0 Å². The van der Waals surface area contributed by atoms with E-state index in [-0.39, 0.29) is 5.91 Å². The van der Waals surface area contributed by atoms with Gasteiger partial charge in [0.1, 0.15) is 6.54 Å². The first-order chi connectivity index (χ1) is 15.5. The molecular formula is C27H33N4O+. The molecule has 166 valence electrons. The van der Waals surface area contributed by atoms with Gasteiger partial charge in [0.25, 0.3) is 0 Å². The summed E-state index contributed by atoms with van der Waals surface area (Å²) in [7, 11) is 0. The fourth-order valence-corrected chi connectivity index (χ4v) is 4.14. The fourth-order valence-electron chi connectivity index (χ4n) is 4.14. The molecule has 5 heteroatoms. The highest BCUT2D eigenvalue weighted by atomic mass is 16.1. The third-order valence-corrected chi connectivity index (χ3v) is 5.52. The Kier molecular flexibility index (Phi) is 7.66. The van der Waals surface area contributed by atoms with Crippen LogP contribution in [0.3, 0.4) is 0 Å². The van der Waals surface area contributed by atoms with Crippen LogP contribution in [0.2, 0.25) is 0 Å². The van der Waals surface area contributed by atoms with Crippen molar-refractivity contribution in [3.8, 4) is 11.3 Å². The summed E-state index contributed by atoms with van der Waals surface area (Å²) in [6, 6.07) is 22.5. The third-order valence-electron chi connectivity index (χ3n) is 5.52. The van der Waals surface area contributed by atoms with E-state index in [1.807, 2.05) is 50.2 Å². The van der Waals surface area contributed by atoms with E-state index >= 15 is 0 Å². The first-order valence-electron chi connectivity index (χ1n) is 11.3. The van der Waals surface area contributed by atoms with Crippen LogP contribution in [0.15, 0.2) is 66.7 Å². The number of aryl methyl sites for hydroxylation is 1. The molecule has 0 fully saturated rings. The summed E-state index contributed by atoms with van der Waals surface area (Å²) in [5.74, 6) is -0.243. The number of nitrogens with zero attached hydrogens (tertiary/aromatic N) is 1. The van der Waals surface area contributed by atoms with Gasteiger partial charge in [0.15, 0.2) is 0 Å². The minimum atomic E-state index is -0.243. The summed E-state index contributed by atoms with van der Waals surface area (Å²) in [5.41, 5.74) is 22.5. The van der Waals surface area contributed by atoms with Gasteiger partial charge in [-0.3, -0.25) is 4.79 Å². The molecule has 0 aliphatic rings. The molecule has 0 saturated heterocycles. The Morgan fingerprint density at radius 2 is 1.44 bits per heavy atom. The monoisotopic (exact) mass is 429 g/mol. The zero-order valence-corrected chi connectivity index (χ0v) is 19.0. The van der Waals surface area contributed by atoms with Crippen molar-refractivity contribution in [2.24, 2.45) is 5.73 Å². The quantitative estimate of drug-likeness (QED) is 0.163. The lowest BCUT2D eigenvalue weighted by atomic mass is 9.98. The van der Waals surface area contributed by atoms with E-state index in [0.717, 1.165) is 70.1 Å². The summed E-state index contributed by atoms with van der Waals surface area (Å²) in [6.07, 6.45) is 3.10. The molecule has 0 radical (unpaired) electrons. The maximum Gasteiger partial charge on any atom is 0.220 e. The van der Waals surface area contributed by atoms with Crippen molar-refractivity contribution >= 4 is 39.0 Å². The maximum absolute atomic E-state index is 11.1. The highest BCUT2D eigenvalue weighted by molar-refractivity contribution is 6.10. The fraction of sp³-hybridized carbons (Fsp3) is 0.259. The number of benzene rings is 3. The number of aromatic nitrogens is 1. The smallest absolute Gasteiger partial charge is 0.220 e. The summed E-state index contributed by atoms with van der Waals surface area (Å²) in [4.78, 5) is 11.1. The van der Waals surface area contributed by atoms with Gasteiger partial charge in [0, 0.05) is 41.2 Å². The Hall–Kier alpha value is -3.60. The van der Waals surface area contributed by atoms with Crippen molar-refractivity contribution in [1.82, 2.24) is 0 Å². The van der Waals surface area contributed by atoms with Crippen molar-refractivity contribution in [2.75, 3.05) is 11.5 Å². The number of amides is 1. The van der Waals surface area contributed by atoms with Gasteiger partial charge in [0.05, 0.1) is 10.8 Å². The normalized spacial score (nSPS) is 10.7. The molecule has 3 aromatic carbocycles. The van der Waals surface area contributed by atoms with Crippen molar-refractivity contribution in [2.45, 2.75) is 46.1 Å². The van der Waals surface area contributed by atoms with E-state index in [2.05, 4.69) is 34.9 Å². The molecule has 0 bridgehead atoms. The first kappa shape index (κ1) is 23.1. The van der Waals surface area contributed by atoms with E-state index in [9.17, 15) is 4.79 Å². The molecule has 4 rings (SSSR count). The Morgan fingerprint density at radius 1 is 0.781 bits per heavy atom. The first-order valence-corrected chi connectivity index (χ1v) is 11.3. The topological polar surface area (TPSA) is 99.0 Å². The van der Waals surface area contributed by atoms with Crippen molar-refractivity contribution in [3.63, 3.8) is 0 Å². The number of carbonyl (C=O) groups is 1. The number of nitrogen functional groups attached to an aromatic ring is 2. The number of unbranched alkanes of at least 4 members (excludes halogenated alkanes) is 2. The maximum atomic E-state index is 11.1. The molecule has 0 aliphatic carbocycles. The van der Waals surface area contributed by atoms with E-state index in [0.29, 0.717) is 6.42 Å². The average Bonchev–Trinajstić information content (AvgIpc) is 2.80. The summed E-state index contributed by atoms with van der Waals surface area (Å²) in [5, 5.41) is 3.43. The molecule has 5 nitrogen and oxygen atoms in total. The van der Waals surface area contributed by atoms with E-state index < -0.39 is 0 Å². The lowest BCUT2D eigenvalue weighted by Gasteiger charge is -2.13. The molecule has 0 atom stereocenters. The lowest BCUT2D eigenvalue weighted by molar-refractivity contribution is -0.659. The Labute approximate surface area is 189 Å². The Balaban J connectivity index is 0.00000141. The highest BCUT2D eigenvalue weighted by Crippen LogP contribution is 2.33. The lowest BCUT2D eigenvalue weighted by Crippen LogP contribution is -2.37. The molecule has 0 aliphatic heterocycles. The molecule has 1 heterocycles. The van der Waals surface area contributed by atoms with Gasteiger partial charge in [-0.05, 0) is 49.2 Å². The molecule has 0 saturated carbocycles. The number of hydrogen-bond donors (Lipinski definition) is 3. The third kappa shape index (κ3) is 4.99. The number of carbonyl (C=O) groups excluding carboxylic acids is 1. The number of nitrogens with two attached hydrogens (primary N) is 3. The largest absolute Gasteiger partial charge is 0.399 e. The van der Waals surface area contributed by atoms with Gasteiger partial charge in [-0.2, -0.15) is 4.57 Å². The zero-order chi connectivity index (χ0) is 23.1. The number of hydrogen-bond acceptors (Lipinski definition) is 3. The number of anilines is 2. The second-order valence-electron chi connectivity index (χ2n) is 7.72. The number of primary amides is 1. The predicted molar refractivity (Wildman–Crippen MR) is 135 cm³/mol. The van der Waals surface area contributed by atoms with Gasteiger partial charge in [0.2, 0.25) is 17.1 Å². The minimum absolute atomic E-state index is 0.243. The standard InChI is InChI=1S/C25H26N4O.C2H6/c26-18-10-12-20-21-13-11-19(27)16-23(21)29(14-6-2-5-9-24(28)30)25(22(20)15-18)17-7-3-1-4-8-17;1-2/h1,3-4,7-8,10-13,15-16,27H,2,5-6,9,14,26H2,(H2,28,30);1-2H3/p+1. The molecule has 1 aromatic heterocycles.